The third-order valence-electron chi connectivity index (χ3n) is 5.99. The smallest absolute Gasteiger partial charge is 0.410 e. The van der Waals surface area contributed by atoms with Crippen molar-refractivity contribution in [1.29, 1.82) is 0 Å². The lowest BCUT2D eigenvalue weighted by atomic mass is 10.0. The van der Waals surface area contributed by atoms with Gasteiger partial charge in [0.2, 0.25) is 11.7 Å². The van der Waals surface area contributed by atoms with E-state index in [1.54, 1.807) is 9.47 Å². The van der Waals surface area contributed by atoms with Crippen LogP contribution in [-0.2, 0) is 9.53 Å². The topological polar surface area (TPSA) is 155 Å². The van der Waals surface area contributed by atoms with Gasteiger partial charge in [-0.25, -0.2) is 9.59 Å². The lowest BCUT2D eigenvalue weighted by Gasteiger charge is -2.37. The number of carboxylic acids is 1. The van der Waals surface area contributed by atoms with Crippen LogP contribution in [0.2, 0.25) is 0 Å². The number of nitrogens with zero attached hydrogens (tertiary/aromatic N) is 6. The molecule has 1 fully saturated rings. The number of amides is 1. The van der Waals surface area contributed by atoms with Crippen molar-refractivity contribution in [2.45, 2.75) is 51.7 Å². The van der Waals surface area contributed by atoms with Gasteiger partial charge in [-0.1, -0.05) is 6.92 Å². The van der Waals surface area contributed by atoms with Gasteiger partial charge in [0.25, 0.3) is 5.56 Å². The second kappa shape index (κ2) is 8.78. The fraction of sp³-hybridized carbons (Fsp3) is 0.667. The Morgan fingerprint density at radius 3 is 2.47 bits per heavy atom. The van der Waals surface area contributed by atoms with Crippen molar-refractivity contribution in [3.63, 3.8) is 0 Å². The lowest BCUT2D eigenvalue weighted by Crippen LogP contribution is -2.51. The van der Waals surface area contributed by atoms with Gasteiger partial charge in [0.05, 0.1) is 12.3 Å². The van der Waals surface area contributed by atoms with Crippen molar-refractivity contribution >= 4 is 29.5 Å². The molecule has 1 amide bonds. The second-order valence-corrected chi connectivity index (χ2v) is 9.65. The second-order valence-electron chi connectivity index (χ2n) is 9.65. The van der Waals surface area contributed by atoms with Crippen molar-refractivity contribution in [3.8, 4) is 0 Å². The molecule has 0 radical (unpaired) electrons. The maximum absolute atomic E-state index is 13.6. The average Bonchev–Trinajstić information content (AvgIpc) is 3.33. The van der Waals surface area contributed by atoms with Crippen LogP contribution in [-0.4, -0.2) is 91.3 Å². The molecule has 3 N–H and O–H groups in total. The summed E-state index contributed by atoms with van der Waals surface area (Å²) < 4.78 is 8.16. The summed E-state index contributed by atoms with van der Waals surface area (Å²) in [4.78, 5) is 45.9. The highest BCUT2D eigenvalue weighted by atomic mass is 16.6. The molecular formula is C21H31N7O6. The molecule has 0 aliphatic carbocycles. The number of carbonyl (C=O) groups is 2. The van der Waals surface area contributed by atoms with Crippen LogP contribution in [0.5, 0.6) is 0 Å². The number of aromatic nitrogens is 4. The number of aliphatic hydroxyl groups excluding tert-OH is 1. The molecule has 0 aromatic carbocycles. The van der Waals surface area contributed by atoms with E-state index in [0.717, 1.165) is 4.52 Å². The largest absolute Gasteiger partial charge is 0.480 e. The highest BCUT2D eigenvalue weighted by molar-refractivity contribution is 5.75. The van der Waals surface area contributed by atoms with Gasteiger partial charge in [0.1, 0.15) is 17.3 Å². The molecule has 13 nitrogen and oxygen atoms in total. The zero-order chi connectivity index (χ0) is 24.8. The van der Waals surface area contributed by atoms with Crippen LogP contribution in [0.15, 0.2) is 4.79 Å². The minimum Gasteiger partial charge on any atom is -0.480 e. The highest BCUT2D eigenvalue weighted by Crippen LogP contribution is 2.41. The van der Waals surface area contributed by atoms with Gasteiger partial charge in [-0.2, -0.15) is 9.50 Å². The van der Waals surface area contributed by atoms with Crippen molar-refractivity contribution in [1.82, 2.24) is 24.1 Å². The summed E-state index contributed by atoms with van der Waals surface area (Å²) in [5, 5.41) is 26.0. The lowest BCUT2D eigenvalue weighted by molar-refractivity contribution is -0.140. The molecule has 2 aromatic heterocycles. The highest BCUT2D eigenvalue weighted by Gasteiger charge is 2.40. The van der Waals surface area contributed by atoms with Crippen LogP contribution in [0, 0.1) is 0 Å². The summed E-state index contributed by atoms with van der Waals surface area (Å²) in [5.41, 5.74) is -0.00739. The first-order valence-corrected chi connectivity index (χ1v) is 11.4. The number of aliphatic hydroxyl groups is 1. The Balaban J connectivity index is 1.73. The molecule has 2 unspecified atom stereocenters. The van der Waals surface area contributed by atoms with E-state index < -0.39 is 29.3 Å². The molecule has 2 aliphatic heterocycles. The number of piperazine rings is 1. The van der Waals surface area contributed by atoms with E-state index in [1.807, 2.05) is 32.6 Å². The quantitative estimate of drug-likeness (QED) is 0.554. The number of hydrogen-bond acceptors (Lipinski definition) is 9. The fourth-order valence-electron chi connectivity index (χ4n) is 4.55. The fourth-order valence-corrected chi connectivity index (χ4v) is 4.55. The Hall–Kier alpha value is -3.35. The van der Waals surface area contributed by atoms with Gasteiger partial charge in [-0.3, -0.25) is 9.36 Å². The SMILES string of the molecule is CC1CC(C(=O)O)n2c1c(N1CCN(C(=O)OC(C)(C)C)CC1)c(=O)n1nc(NCCO)nc21. The summed E-state index contributed by atoms with van der Waals surface area (Å²) in [7, 11) is 0. The summed E-state index contributed by atoms with van der Waals surface area (Å²) in [6, 6.07) is -0.884. The Labute approximate surface area is 195 Å². The van der Waals surface area contributed by atoms with Crippen LogP contribution in [0.1, 0.15) is 51.8 Å². The zero-order valence-electron chi connectivity index (χ0n) is 19.8. The predicted molar refractivity (Wildman–Crippen MR) is 123 cm³/mol. The van der Waals surface area contributed by atoms with Gasteiger partial charge in [0.15, 0.2) is 0 Å². The van der Waals surface area contributed by atoms with E-state index in [1.165, 1.54) is 0 Å². The molecule has 0 saturated carbocycles. The first kappa shape index (κ1) is 23.8. The molecular weight excluding hydrogens is 446 g/mol. The van der Waals surface area contributed by atoms with E-state index in [0.29, 0.717) is 44.0 Å². The third kappa shape index (κ3) is 4.27. The molecule has 0 spiro atoms. The molecule has 2 aliphatic rings. The molecule has 13 heteroatoms. The average molecular weight is 478 g/mol. The summed E-state index contributed by atoms with van der Waals surface area (Å²) in [6.07, 6.45) is -0.0780. The number of rotatable bonds is 5. The predicted octanol–water partition coefficient (Wildman–Crippen LogP) is 0.485. The maximum atomic E-state index is 13.6. The van der Waals surface area contributed by atoms with Crippen molar-refractivity contribution < 1.29 is 24.5 Å². The van der Waals surface area contributed by atoms with Gasteiger partial charge in [0, 0.05) is 38.6 Å². The Kier molecular flexibility index (Phi) is 6.14. The van der Waals surface area contributed by atoms with E-state index in [9.17, 15) is 19.5 Å². The maximum Gasteiger partial charge on any atom is 0.410 e. The van der Waals surface area contributed by atoms with Gasteiger partial charge in [-0.15, -0.1) is 5.10 Å². The van der Waals surface area contributed by atoms with Crippen molar-refractivity contribution in [3.05, 3.63) is 16.0 Å². The van der Waals surface area contributed by atoms with E-state index in [2.05, 4.69) is 15.4 Å². The summed E-state index contributed by atoms with van der Waals surface area (Å²) in [6.45, 7) is 8.87. The summed E-state index contributed by atoms with van der Waals surface area (Å²) in [5.74, 6) is -0.919. The Morgan fingerprint density at radius 1 is 1.21 bits per heavy atom. The molecule has 0 bridgehead atoms. The molecule has 34 heavy (non-hydrogen) atoms. The van der Waals surface area contributed by atoms with Gasteiger partial charge in [-0.05, 0) is 27.2 Å². The van der Waals surface area contributed by atoms with Crippen LogP contribution in [0.4, 0.5) is 16.4 Å². The van der Waals surface area contributed by atoms with Crippen LogP contribution in [0.3, 0.4) is 0 Å². The number of fused-ring (bicyclic) bond motifs is 3. The van der Waals surface area contributed by atoms with Gasteiger partial charge < -0.3 is 30.1 Å². The van der Waals surface area contributed by atoms with Gasteiger partial charge >= 0.3 is 12.1 Å². The van der Waals surface area contributed by atoms with Crippen LogP contribution < -0.4 is 15.8 Å². The first-order chi connectivity index (χ1) is 16.0. The van der Waals surface area contributed by atoms with E-state index in [-0.39, 0.29) is 30.8 Å². The van der Waals surface area contributed by atoms with Crippen LogP contribution >= 0.6 is 0 Å². The normalized spacial score (nSPS) is 20.5. The molecule has 4 heterocycles. The molecule has 1 saturated heterocycles. The third-order valence-corrected chi connectivity index (χ3v) is 5.99. The molecule has 4 rings (SSSR count). The number of anilines is 2. The number of nitrogens with one attached hydrogen (secondary N) is 1. The van der Waals surface area contributed by atoms with E-state index >= 15 is 0 Å². The minimum absolute atomic E-state index is 0.136. The zero-order valence-corrected chi connectivity index (χ0v) is 19.8. The van der Waals surface area contributed by atoms with E-state index in [4.69, 9.17) is 9.84 Å². The molecule has 2 atom stereocenters. The summed E-state index contributed by atoms with van der Waals surface area (Å²) >= 11 is 0. The monoisotopic (exact) mass is 477 g/mol. The molecule has 186 valence electrons. The Morgan fingerprint density at radius 2 is 1.88 bits per heavy atom. The Bertz CT molecular complexity index is 1160. The standard InChI is InChI=1S/C21H31N7O6/c1-12-11-13(17(31)32)27-14(12)15(16(30)28-19(27)23-18(24-28)22-5-10-29)25-6-8-26(9-7-25)20(33)34-21(2,3)4/h12-13,29H,5-11H2,1-4H3,(H,22,24)(H,31,32). The number of hydrogen-bond donors (Lipinski definition) is 3. The van der Waals surface area contributed by atoms with Crippen molar-refractivity contribution in [2.75, 3.05) is 49.5 Å². The number of ether oxygens (including phenoxy) is 1. The minimum atomic E-state index is -1.01. The van der Waals surface area contributed by atoms with Crippen LogP contribution in [0.25, 0.3) is 5.78 Å². The number of carbonyl (C=O) groups excluding carboxylic acids is 1. The molecule has 2 aromatic rings. The first-order valence-electron chi connectivity index (χ1n) is 11.4. The van der Waals surface area contributed by atoms with Crippen molar-refractivity contribution in [2.24, 2.45) is 0 Å². The number of carboxylic acid groups (broad SMARTS) is 1. The number of aliphatic carboxylic acids is 1.